The zero-order chi connectivity index (χ0) is 16.5. The van der Waals surface area contributed by atoms with Gasteiger partial charge in [-0.1, -0.05) is 6.58 Å². The van der Waals surface area contributed by atoms with Crippen molar-refractivity contribution in [3.63, 3.8) is 0 Å². The van der Waals surface area contributed by atoms with Gasteiger partial charge in [0.15, 0.2) is 5.57 Å². The number of likely N-dealkylation sites (N-methyl/N-ethyl adjacent to an activating group) is 1. The Kier molecular flexibility index (Phi) is 7.69. The van der Waals surface area contributed by atoms with Gasteiger partial charge >= 0.3 is 11.9 Å². The number of nitriles is 1. The molecule has 0 bridgehead atoms. The van der Waals surface area contributed by atoms with Crippen LogP contribution in [0.25, 0.3) is 5.41 Å². The Labute approximate surface area is 124 Å². The van der Waals surface area contributed by atoms with Crippen LogP contribution in [0.15, 0.2) is 17.7 Å². The van der Waals surface area contributed by atoms with E-state index in [-0.39, 0.29) is 13.2 Å². The Balaban J connectivity index is 4.12. The van der Waals surface area contributed by atoms with E-state index < -0.39 is 17.5 Å². The van der Waals surface area contributed by atoms with Crippen molar-refractivity contribution < 1.29 is 23.5 Å². The Morgan fingerprint density at radius 1 is 1.19 bits per heavy atom. The molecule has 0 saturated heterocycles. The van der Waals surface area contributed by atoms with Gasteiger partial charge in [-0.15, -0.1) is 0 Å². The number of ether oxygens (including phenoxy) is 2. The van der Waals surface area contributed by atoms with Crippen LogP contribution in [0.4, 0.5) is 0 Å². The largest absolute Gasteiger partial charge is 0.762 e. The highest BCUT2D eigenvalue weighted by Gasteiger charge is 2.18. The summed E-state index contributed by atoms with van der Waals surface area (Å²) in [6.07, 6.45) is 0. The van der Waals surface area contributed by atoms with Crippen molar-refractivity contribution in [2.45, 2.75) is 6.92 Å². The molecule has 0 fully saturated rings. The number of esters is 2. The summed E-state index contributed by atoms with van der Waals surface area (Å²) in [4.78, 5) is 22.5. The van der Waals surface area contributed by atoms with Crippen LogP contribution in [0.1, 0.15) is 6.92 Å². The molecule has 0 aromatic heterocycles. The predicted molar refractivity (Wildman–Crippen MR) is 76.1 cm³/mol. The number of carbonyl (C=O) groups is 2. The second-order valence-corrected chi connectivity index (χ2v) is 5.03. The van der Waals surface area contributed by atoms with Crippen molar-refractivity contribution >= 4 is 17.8 Å². The van der Waals surface area contributed by atoms with E-state index in [2.05, 4.69) is 6.58 Å². The van der Waals surface area contributed by atoms with E-state index in [4.69, 9.17) is 20.1 Å². The molecule has 0 aromatic rings. The minimum Gasteiger partial charge on any atom is -0.762 e. The molecule has 0 unspecified atom stereocenters. The van der Waals surface area contributed by atoms with E-state index in [0.29, 0.717) is 23.1 Å². The fourth-order valence-electron chi connectivity index (χ4n) is 1.19. The first-order chi connectivity index (χ1) is 9.73. The molecule has 0 rings (SSSR count). The molecule has 0 aromatic carbocycles. The summed E-state index contributed by atoms with van der Waals surface area (Å²) in [5, 5.41) is 17.0. The molecule has 0 spiro atoms. The zero-order valence-corrected chi connectivity index (χ0v) is 12.5. The highest BCUT2D eigenvalue weighted by molar-refractivity contribution is 6.02. The van der Waals surface area contributed by atoms with Gasteiger partial charge in [-0.25, -0.2) is 15.5 Å². The first-order valence-corrected chi connectivity index (χ1v) is 6.22. The molecule has 114 valence electrons. The summed E-state index contributed by atoms with van der Waals surface area (Å²) in [7, 11) is 3.75. The van der Waals surface area contributed by atoms with Crippen LogP contribution < -0.4 is 0 Å². The molecule has 0 aliphatic heterocycles. The van der Waals surface area contributed by atoms with E-state index in [0.717, 1.165) is 0 Å². The maximum atomic E-state index is 11.3. The van der Waals surface area contributed by atoms with E-state index in [1.54, 1.807) is 6.92 Å². The summed E-state index contributed by atoms with van der Waals surface area (Å²) in [6.45, 7) is 6.32. The van der Waals surface area contributed by atoms with Crippen LogP contribution in [0, 0.1) is 11.3 Å². The van der Waals surface area contributed by atoms with Crippen LogP contribution in [0.5, 0.6) is 0 Å². The Bertz CT molecular complexity index is 511. The van der Waals surface area contributed by atoms with Crippen LogP contribution in [0.2, 0.25) is 0 Å². The minimum absolute atomic E-state index is 0.0626. The monoisotopic (exact) mass is 293 g/mol. The lowest BCUT2D eigenvalue weighted by molar-refractivity contribution is -0.890. The number of carbonyl (C=O) groups excluding carboxylic acids is 2. The van der Waals surface area contributed by atoms with E-state index in [1.807, 2.05) is 14.1 Å². The lowest BCUT2D eigenvalue weighted by atomic mass is 10.3. The second kappa shape index (κ2) is 8.69. The summed E-state index contributed by atoms with van der Waals surface area (Å²) in [6, 6.07) is 1.47. The normalized spacial score (nSPS) is 10.0. The van der Waals surface area contributed by atoms with Crippen molar-refractivity contribution in [1.29, 1.82) is 5.26 Å². The minimum atomic E-state index is -0.922. The van der Waals surface area contributed by atoms with Gasteiger partial charge in [-0.3, -0.25) is 0 Å². The number of rotatable bonds is 8. The molecule has 21 heavy (non-hydrogen) atoms. The average Bonchev–Trinajstić information content (AvgIpc) is 2.39. The highest BCUT2D eigenvalue weighted by atomic mass is 16.5. The lowest BCUT2D eigenvalue weighted by Gasteiger charge is -2.29. The average molecular weight is 293 g/mol. The second-order valence-electron chi connectivity index (χ2n) is 5.03. The maximum absolute atomic E-state index is 11.3. The molecule has 0 N–H and O–H groups in total. The number of quaternary nitrogens is 1. The number of hydrogen-bond acceptors (Lipinski definition) is 5. The van der Waals surface area contributed by atoms with Crippen molar-refractivity contribution in [2.24, 2.45) is 0 Å². The molecule has 0 atom stereocenters. The third-order valence-corrected chi connectivity index (χ3v) is 2.64. The van der Waals surface area contributed by atoms with Crippen LogP contribution >= 0.6 is 0 Å². The SMILES string of the molecule is C=C(C)C(=O)OCC[N+](C)(C)CCOC(=O)C(=C=[N-])C#N. The quantitative estimate of drug-likeness (QED) is 0.212. The molecular weight excluding hydrogens is 274 g/mol. The van der Waals surface area contributed by atoms with Gasteiger partial charge in [0.2, 0.25) is 0 Å². The van der Waals surface area contributed by atoms with Crippen molar-refractivity contribution in [1.82, 2.24) is 0 Å². The van der Waals surface area contributed by atoms with Gasteiger partial charge in [0.1, 0.15) is 32.4 Å². The third-order valence-electron chi connectivity index (χ3n) is 2.64. The molecular formula is C14H19N3O4. The van der Waals surface area contributed by atoms with E-state index in [1.165, 1.54) is 11.9 Å². The van der Waals surface area contributed by atoms with Gasteiger partial charge in [0.25, 0.3) is 0 Å². The van der Waals surface area contributed by atoms with Crippen molar-refractivity contribution in [3.05, 3.63) is 23.1 Å². The molecule has 0 amide bonds. The van der Waals surface area contributed by atoms with Gasteiger partial charge in [-0.2, -0.15) is 5.26 Å². The number of hydrogen-bond donors (Lipinski definition) is 0. The Morgan fingerprint density at radius 3 is 2.05 bits per heavy atom. The summed E-state index contributed by atoms with van der Waals surface area (Å²) >= 11 is 0. The molecule has 0 heterocycles. The van der Waals surface area contributed by atoms with E-state index in [9.17, 15) is 9.59 Å². The molecule has 7 heteroatoms. The standard InChI is InChI=1S/C14H19N3O4/c1-11(2)13(18)20-7-5-17(3,4)6-8-21-14(19)12(9-15)10-16/h1,5-8H2,2-4H3. The fourth-order valence-corrected chi connectivity index (χ4v) is 1.19. The van der Waals surface area contributed by atoms with Crippen LogP contribution in [-0.2, 0) is 19.1 Å². The summed E-state index contributed by atoms with van der Waals surface area (Å²) in [5.41, 5.74) is -0.235. The van der Waals surface area contributed by atoms with Crippen LogP contribution in [0.3, 0.4) is 0 Å². The number of nitrogens with zero attached hydrogens (tertiary/aromatic N) is 3. The van der Waals surface area contributed by atoms with Crippen molar-refractivity contribution in [3.8, 4) is 6.07 Å². The van der Waals surface area contributed by atoms with Gasteiger partial charge < -0.3 is 19.4 Å². The van der Waals surface area contributed by atoms with E-state index >= 15 is 0 Å². The Hall–Kier alpha value is -2.42. The smallest absolute Gasteiger partial charge is 0.355 e. The van der Waals surface area contributed by atoms with Gasteiger partial charge in [0.05, 0.1) is 14.1 Å². The predicted octanol–water partition coefficient (Wildman–Crippen LogP) is 0.414. The Morgan fingerprint density at radius 2 is 1.67 bits per heavy atom. The first kappa shape index (κ1) is 18.6. The molecule has 7 nitrogen and oxygen atoms in total. The molecule has 0 aliphatic carbocycles. The zero-order valence-electron chi connectivity index (χ0n) is 12.5. The molecule has 0 aliphatic rings. The highest BCUT2D eigenvalue weighted by Crippen LogP contribution is 2.00. The van der Waals surface area contributed by atoms with Crippen molar-refractivity contribution in [2.75, 3.05) is 40.4 Å². The summed E-state index contributed by atoms with van der Waals surface area (Å²) < 4.78 is 10.3. The van der Waals surface area contributed by atoms with Gasteiger partial charge in [0, 0.05) is 5.57 Å². The fraction of sp³-hybridized carbons (Fsp3) is 0.500. The molecule has 0 saturated carbocycles. The molecule has 0 radical (unpaired) electrons. The van der Waals surface area contributed by atoms with Crippen LogP contribution in [-0.4, -0.2) is 62.7 Å². The maximum Gasteiger partial charge on any atom is 0.355 e. The van der Waals surface area contributed by atoms with Gasteiger partial charge in [-0.05, 0) is 6.92 Å². The summed E-state index contributed by atoms with van der Waals surface area (Å²) in [5.74, 6) is 0.103. The topological polar surface area (TPSA) is 98.7 Å². The lowest BCUT2D eigenvalue weighted by Crippen LogP contribution is -2.45. The third kappa shape index (κ3) is 7.67. The first-order valence-electron chi connectivity index (χ1n) is 6.22.